The molecular weight excluding hydrogens is 180 g/mol. The van der Waals surface area contributed by atoms with Crippen molar-refractivity contribution in [2.24, 2.45) is 17.6 Å². The highest BCUT2D eigenvalue weighted by molar-refractivity contribution is 7.07. The summed E-state index contributed by atoms with van der Waals surface area (Å²) in [5, 5.41) is 2.12. The van der Waals surface area contributed by atoms with E-state index in [1.165, 1.54) is 25.7 Å². The number of aromatic nitrogens is 1. The predicted octanol–water partition coefficient (Wildman–Crippen LogP) is 2.12. The molecule has 3 rings (SSSR count). The van der Waals surface area contributed by atoms with Crippen LogP contribution in [0.3, 0.4) is 0 Å². The van der Waals surface area contributed by atoms with Gasteiger partial charge in [-0.15, -0.1) is 11.3 Å². The largest absolute Gasteiger partial charge is 0.320 e. The van der Waals surface area contributed by atoms with Crippen LogP contribution in [-0.4, -0.2) is 4.98 Å². The van der Waals surface area contributed by atoms with Gasteiger partial charge in [-0.05, 0) is 24.7 Å². The van der Waals surface area contributed by atoms with Crippen LogP contribution in [0.5, 0.6) is 0 Å². The van der Waals surface area contributed by atoms with Crippen LogP contribution in [0.25, 0.3) is 0 Å². The second kappa shape index (κ2) is 2.55. The first-order valence-corrected chi connectivity index (χ1v) is 5.95. The van der Waals surface area contributed by atoms with Crippen molar-refractivity contribution in [2.75, 3.05) is 0 Å². The average molecular weight is 194 g/mol. The Hall–Kier alpha value is -0.410. The van der Waals surface area contributed by atoms with Crippen LogP contribution in [-0.2, 0) is 5.54 Å². The highest BCUT2D eigenvalue weighted by atomic mass is 32.1. The van der Waals surface area contributed by atoms with Crippen LogP contribution in [0.15, 0.2) is 10.9 Å². The smallest absolute Gasteiger partial charge is 0.0795 e. The van der Waals surface area contributed by atoms with E-state index in [9.17, 15) is 0 Å². The lowest BCUT2D eigenvalue weighted by molar-refractivity contribution is 0.480. The maximum Gasteiger partial charge on any atom is 0.0795 e. The molecule has 1 aromatic heterocycles. The van der Waals surface area contributed by atoms with Crippen molar-refractivity contribution in [3.05, 3.63) is 16.6 Å². The van der Waals surface area contributed by atoms with E-state index in [0.29, 0.717) is 0 Å². The number of thiazole rings is 1. The molecule has 2 saturated carbocycles. The quantitative estimate of drug-likeness (QED) is 0.743. The zero-order chi connectivity index (χ0) is 8.89. The molecule has 3 heteroatoms. The van der Waals surface area contributed by atoms with Gasteiger partial charge in [-0.3, -0.25) is 0 Å². The molecule has 2 nitrogen and oxygen atoms in total. The molecule has 1 heterocycles. The molecule has 0 aromatic carbocycles. The van der Waals surface area contributed by atoms with Crippen LogP contribution in [0.1, 0.15) is 31.4 Å². The molecule has 0 radical (unpaired) electrons. The molecule has 0 bridgehead atoms. The van der Waals surface area contributed by atoms with Gasteiger partial charge in [0.2, 0.25) is 0 Å². The fourth-order valence-electron chi connectivity index (χ4n) is 2.98. The zero-order valence-electron chi connectivity index (χ0n) is 7.57. The van der Waals surface area contributed by atoms with E-state index < -0.39 is 0 Å². The van der Waals surface area contributed by atoms with E-state index in [4.69, 9.17) is 5.73 Å². The summed E-state index contributed by atoms with van der Waals surface area (Å²) in [6.07, 6.45) is 5.37. The monoisotopic (exact) mass is 194 g/mol. The van der Waals surface area contributed by atoms with E-state index >= 15 is 0 Å². The van der Waals surface area contributed by atoms with Gasteiger partial charge in [0, 0.05) is 5.38 Å². The van der Waals surface area contributed by atoms with E-state index in [2.05, 4.69) is 10.4 Å². The van der Waals surface area contributed by atoms with Crippen molar-refractivity contribution in [3.8, 4) is 0 Å². The Labute approximate surface area is 82.2 Å². The minimum Gasteiger partial charge on any atom is -0.320 e. The standard InChI is InChI=1S/C10H14N2S/c11-10(9-5-13-6-12-9)7-3-1-2-4-8(7)10/h5-8H,1-4,11H2. The summed E-state index contributed by atoms with van der Waals surface area (Å²) in [4.78, 5) is 4.37. The maximum atomic E-state index is 6.41. The molecule has 0 spiro atoms. The van der Waals surface area contributed by atoms with Gasteiger partial charge in [-0.1, -0.05) is 12.8 Å². The van der Waals surface area contributed by atoms with Crippen molar-refractivity contribution >= 4 is 11.3 Å². The van der Waals surface area contributed by atoms with Crippen molar-refractivity contribution in [2.45, 2.75) is 31.2 Å². The molecule has 2 aliphatic rings. The lowest BCUT2D eigenvalue weighted by atomic mass is 10.0. The van der Waals surface area contributed by atoms with Crippen LogP contribution in [0.2, 0.25) is 0 Å². The fraction of sp³-hybridized carbons (Fsp3) is 0.700. The Kier molecular flexibility index (Phi) is 1.56. The third-order valence-corrected chi connectivity index (χ3v) is 4.35. The molecular formula is C10H14N2S. The molecule has 2 aliphatic carbocycles. The summed E-state index contributed by atoms with van der Waals surface area (Å²) in [5.74, 6) is 1.48. The number of fused-ring (bicyclic) bond motifs is 1. The zero-order valence-corrected chi connectivity index (χ0v) is 8.39. The van der Waals surface area contributed by atoms with Crippen LogP contribution >= 0.6 is 11.3 Å². The normalized spacial score (nSPS) is 42.8. The average Bonchev–Trinajstić information content (AvgIpc) is 2.62. The lowest BCUT2D eigenvalue weighted by Crippen LogP contribution is -2.24. The topological polar surface area (TPSA) is 38.9 Å². The second-order valence-electron chi connectivity index (χ2n) is 4.30. The van der Waals surface area contributed by atoms with Gasteiger partial charge in [-0.25, -0.2) is 4.98 Å². The second-order valence-corrected chi connectivity index (χ2v) is 5.02. The molecule has 70 valence electrons. The van der Waals surface area contributed by atoms with Gasteiger partial charge >= 0.3 is 0 Å². The number of nitrogens with two attached hydrogens (primary N) is 1. The summed E-state index contributed by atoms with van der Waals surface area (Å²) in [5.41, 5.74) is 9.42. The number of hydrogen-bond donors (Lipinski definition) is 1. The summed E-state index contributed by atoms with van der Waals surface area (Å²) in [6, 6.07) is 0. The van der Waals surface area contributed by atoms with Gasteiger partial charge in [0.1, 0.15) is 0 Å². The van der Waals surface area contributed by atoms with Crippen LogP contribution < -0.4 is 5.73 Å². The lowest BCUT2D eigenvalue weighted by Gasteiger charge is -2.06. The summed E-state index contributed by atoms with van der Waals surface area (Å²) >= 11 is 1.66. The summed E-state index contributed by atoms with van der Waals surface area (Å²) < 4.78 is 0. The third-order valence-electron chi connectivity index (χ3n) is 3.76. The Bertz CT molecular complexity index is 295. The minimum absolute atomic E-state index is 0.0312. The highest BCUT2D eigenvalue weighted by Gasteiger charge is 2.63. The first-order valence-electron chi connectivity index (χ1n) is 5.01. The number of hydrogen-bond acceptors (Lipinski definition) is 3. The minimum atomic E-state index is -0.0312. The molecule has 2 unspecified atom stereocenters. The van der Waals surface area contributed by atoms with E-state index in [1.807, 2.05) is 5.51 Å². The van der Waals surface area contributed by atoms with Crippen LogP contribution in [0.4, 0.5) is 0 Å². The van der Waals surface area contributed by atoms with Crippen molar-refractivity contribution in [1.29, 1.82) is 0 Å². The Balaban J connectivity index is 1.92. The molecule has 0 saturated heterocycles. The summed E-state index contributed by atoms with van der Waals surface area (Å²) in [7, 11) is 0. The van der Waals surface area contributed by atoms with Gasteiger partial charge in [0.25, 0.3) is 0 Å². The van der Waals surface area contributed by atoms with E-state index in [1.54, 1.807) is 11.3 Å². The van der Waals surface area contributed by atoms with E-state index in [0.717, 1.165) is 17.5 Å². The van der Waals surface area contributed by atoms with Crippen molar-refractivity contribution in [1.82, 2.24) is 4.98 Å². The van der Waals surface area contributed by atoms with Gasteiger partial charge in [0.05, 0.1) is 16.7 Å². The van der Waals surface area contributed by atoms with Crippen LogP contribution in [0, 0.1) is 11.8 Å². The maximum absolute atomic E-state index is 6.41. The van der Waals surface area contributed by atoms with Gasteiger partial charge in [-0.2, -0.15) is 0 Å². The molecule has 0 amide bonds. The molecule has 2 atom stereocenters. The predicted molar refractivity (Wildman–Crippen MR) is 53.4 cm³/mol. The Morgan fingerprint density at radius 1 is 1.38 bits per heavy atom. The SMILES string of the molecule is NC1(c2cscn2)C2CCCCC21. The van der Waals surface area contributed by atoms with Crippen molar-refractivity contribution < 1.29 is 0 Å². The highest BCUT2D eigenvalue weighted by Crippen LogP contribution is 2.62. The first kappa shape index (κ1) is 7.94. The molecule has 2 fully saturated rings. The van der Waals surface area contributed by atoms with E-state index in [-0.39, 0.29) is 5.54 Å². The number of rotatable bonds is 1. The fourth-order valence-corrected chi connectivity index (χ4v) is 3.61. The Morgan fingerprint density at radius 3 is 2.62 bits per heavy atom. The van der Waals surface area contributed by atoms with Crippen molar-refractivity contribution in [3.63, 3.8) is 0 Å². The summed E-state index contributed by atoms with van der Waals surface area (Å²) in [6.45, 7) is 0. The third kappa shape index (κ3) is 0.945. The Morgan fingerprint density at radius 2 is 2.08 bits per heavy atom. The molecule has 1 aromatic rings. The van der Waals surface area contributed by atoms with Gasteiger partial charge in [0.15, 0.2) is 0 Å². The molecule has 2 N–H and O–H groups in total. The number of nitrogens with zero attached hydrogens (tertiary/aromatic N) is 1. The molecule has 13 heavy (non-hydrogen) atoms. The van der Waals surface area contributed by atoms with Gasteiger partial charge < -0.3 is 5.73 Å². The first-order chi connectivity index (χ1) is 6.33. The molecule has 0 aliphatic heterocycles.